The monoisotopic (exact) mass is 511 g/mol. The summed E-state index contributed by atoms with van der Waals surface area (Å²) in [6.45, 7) is 1.89. The minimum Gasteiger partial charge on any atom is -0.504 e. The van der Waals surface area contributed by atoms with Crippen LogP contribution in [0.1, 0.15) is 20.4 Å². The molecule has 0 bridgehead atoms. The zero-order chi connectivity index (χ0) is 23.3. The van der Waals surface area contributed by atoms with Crippen molar-refractivity contribution in [2.45, 2.75) is 18.0 Å². The SMILES string of the molecule is O=C(c1nc2c(s1)CN(CO)CC2)N1CCN(S(=O)(=O)c2[nH]c3ccc(Cl)cc3c2O)CC1. The van der Waals surface area contributed by atoms with Crippen LogP contribution in [0.15, 0.2) is 23.2 Å². The molecule has 0 unspecified atom stereocenters. The van der Waals surface area contributed by atoms with Crippen molar-refractivity contribution in [2.24, 2.45) is 0 Å². The second kappa shape index (κ2) is 8.53. The zero-order valence-electron chi connectivity index (χ0n) is 17.5. The Morgan fingerprint density at radius 3 is 2.70 bits per heavy atom. The number of hydrogen-bond acceptors (Lipinski definition) is 8. The number of thiazole rings is 1. The van der Waals surface area contributed by atoms with Crippen LogP contribution in [-0.2, 0) is 23.0 Å². The number of aromatic hydroxyl groups is 1. The van der Waals surface area contributed by atoms with Crippen LogP contribution < -0.4 is 0 Å². The number of nitrogens with one attached hydrogen (secondary N) is 1. The van der Waals surface area contributed by atoms with Gasteiger partial charge in [0.05, 0.1) is 17.9 Å². The Hall–Kier alpha value is -2.22. The number of carbonyl (C=O) groups is 1. The fraction of sp³-hybridized carbons (Fsp3) is 0.400. The first kappa shape index (κ1) is 22.6. The van der Waals surface area contributed by atoms with Gasteiger partial charge >= 0.3 is 0 Å². The van der Waals surface area contributed by atoms with Gasteiger partial charge in [0.15, 0.2) is 15.8 Å². The maximum atomic E-state index is 13.2. The van der Waals surface area contributed by atoms with E-state index in [1.165, 1.54) is 21.7 Å². The average Bonchev–Trinajstić information content (AvgIpc) is 3.39. The zero-order valence-corrected chi connectivity index (χ0v) is 19.9. The quantitative estimate of drug-likeness (QED) is 0.483. The summed E-state index contributed by atoms with van der Waals surface area (Å²) in [5.41, 5.74) is 1.36. The smallest absolute Gasteiger partial charge is 0.282 e. The van der Waals surface area contributed by atoms with E-state index in [1.807, 2.05) is 4.90 Å². The van der Waals surface area contributed by atoms with Crippen molar-refractivity contribution >= 4 is 49.8 Å². The van der Waals surface area contributed by atoms with Gasteiger partial charge in [-0.05, 0) is 18.2 Å². The first-order valence-corrected chi connectivity index (χ1v) is 13.0. The van der Waals surface area contributed by atoms with E-state index in [0.29, 0.717) is 40.4 Å². The lowest BCUT2D eigenvalue weighted by atomic mass is 10.2. The van der Waals surface area contributed by atoms with Crippen LogP contribution in [0.5, 0.6) is 5.75 Å². The second-order valence-corrected chi connectivity index (χ2v) is 11.4. The summed E-state index contributed by atoms with van der Waals surface area (Å²) in [4.78, 5) is 24.7. The number of hydrogen-bond donors (Lipinski definition) is 3. The number of fused-ring (bicyclic) bond motifs is 2. The molecule has 176 valence electrons. The average molecular weight is 512 g/mol. The molecule has 33 heavy (non-hydrogen) atoms. The fourth-order valence-corrected chi connectivity index (χ4v) is 6.95. The largest absolute Gasteiger partial charge is 0.504 e. The topological polar surface area (TPSA) is 130 Å². The predicted octanol–water partition coefficient (Wildman–Crippen LogP) is 1.44. The minimum atomic E-state index is -3.99. The number of sulfonamides is 1. The Balaban J connectivity index is 1.30. The number of halogens is 1. The highest BCUT2D eigenvalue weighted by Gasteiger charge is 2.35. The van der Waals surface area contributed by atoms with Gasteiger partial charge in [-0.25, -0.2) is 13.4 Å². The molecule has 2 aromatic heterocycles. The van der Waals surface area contributed by atoms with Crippen molar-refractivity contribution in [3.8, 4) is 5.75 Å². The summed E-state index contributed by atoms with van der Waals surface area (Å²) in [6, 6.07) is 4.73. The molecule has 2 aliphatic heterocycles. The molecular weight excluding hydrogens is 490 g/mol. The lowest BCUT2D eigenvalue weighted by Gasteiger charge is -2.33. The molecule has 1 saturated heterocycles. The van der Waals surface area contributed by atoms with Crippen LogP contribution >= 0.6 is 22.9 Å². The third-order valence-corrected chi connectivity index (χ3v) is 9.18. The number of benzene rings is 1. The lowest BCUT2D eigenvalue weighted by molar-refractivity contribution is 0.0696. The Bertz CT molecular complexity index is 1330. The molecule has 2 aliphatic rings. The van der Waals surface area contributed by atoms with E-state index >= 15 is 0 Å². The van der Waals surface area contributed by atoms with E-state index < -0.39 is 10.0 Å². The summed E-state index contributed by atoms with van der Waals surface area (Å²) >= 11 is 7.30. The van der Waals surface area contributed by atoms with Gasteiger partial charge in [-0.3, -0.25) is 9.69 Å². The van der Waals surface area contributed by atoms with Crippen LogP contribution in [0.4, 0.5) is 0 Å². The third kappa shape index (κ3) is 4.00. The molecule has 3 aromatic rings. The number of carbonyl (C=O) groups excluding carboxylic acids is 1. The molecule has 13 heteroatoms. The number of aromatic amines is 1. The predicted molar refractivity (Wildman–Crippen MR) is 123 cm³/mol. The van der Waals surface area contributed by atoms with Crippen molar-refractivity contribution in [1.29, 1.82) is 0 Å². The Labute approximate surface area is 199 Å². The number of nitrogens with zero attached hydrogens (tertiary/aromatic N) is 4. The summed E-state index contributed by atoms with van der Waals surface area (Å²) in [5, 5.41) is 20.7. The Morgan fingerprint density at radius 2 is 1.97 bits per heavy atom. The van der Waals surface area contributed by atoms with Crippen LogP contribution in [0.3, 0.4) is 0 Å². The molecule has 4 heterocycles. The van der Waals surface area contributed by atoms with Crippen molar-refractivity contribution in [2.75, 3.05) is 39.5 Å². The van der Waals surface area contributed by atoms with E-state index in [4.69, 9.17) is 11.6 Å². The number of amides is 1. The number of aliphatic hydroxyl groups excluding tert-OH is 1. The van der Waals surface area contributed by atoms with Gasteiger partial charge in [0.1, 0.15) is 0 Å². The summed E-state index contributed by atoms with van der Waals surface area (Å²) in [6.07, 6.45) is 0.685. The number of rotatable bonds is 4. The van der Waals surface area contributed by atoms with E-state index in [2.05, 4.69) is 9.97 Å². The van der Waals surface area contributed by atoms with Gasteiger partial charge in [0.25, 0.3) is 15.9 Å². The molecule has 10 nitrogen and oxygen atoms in total. The van der Waals surface area contributed by atoms with Gasteiger partial charge in [-0.15, -0.1) is 11.3 Å². The third-order valence-electron chi connectivity index (χ3n) is 6.02. The normalized spacial score (nSPS) is 18.1. The van der Waals surface area contributed by atoms with Gasteiger partial charge in [0.2, 0.25) is 0 Å². The molecule has 1 fully saturated rings. The van der Waals surface area contributed by atoms with Crippen molar-refractivity contribution in [3.63, 3.8) is 0 Å². The highest BCUT2D eigenvalue weighted by atomic mass is 35.5. The van der Waals surface area contributed by atoms with Gasteiger partial charge in [-0.1, -0.05) is 11.6 Å². The molecule has 0 spiro atoms. The standard InChI is InChI=1S/C20H22ClN5O5S2/c21-12-1-2-14-13(9-12)17(28)19(23-14)33(30,31)26-7-5-25(6-8-26)20(29)18-22-15-3-4-24(11-27)10-16(15)32-18/h1-2,9,23,27-28H,3-8,10-11H2. The van der Waals surface area contributed by atoms with Crippen LogP contribution in [0, 0.1) is 0 Å². The molecule has 3 N–H and O–H groups in total. The maximum absolute atomic E-state index is 13.2. The number of aromatic nitrogens is 2. The van der Waals surface area contributed by atoms with E-state index in [-0.39, 0.29) is 49.6 Å². The molecule has 0 radical (unpaired) electrons. The van der Waals surface area contributed by atoms with Crippen molar-refractivity contribution in [3.05, 3.63) is 38.8 Å². The van der Waals surface area contributed by atoms with E-state index in [0.717, 1.165) is 10.6 Å². The number of H-pyrrole nitrogens is 1. The van der Waals surface area contributed by atoms with Crippen LogP contribution in [-0.4, -0.2) is 88.1 Å². The van der Waals surface area contributed by atoms with Crippen LogP contribution in [0.25, 0.3) is 10.9 Å². The van der Waals surface area contributed by atoms with Crippen LogP contribution in [0.2, 0.25) is 5.02 Å². The molecule has 1 amide bonds. The lowest BCUT2D eigenvalue weighted by Crippen LogP contribution is -2.50. The Morgan fingerprint density at radius 1 is 1.21 bits per heavy atom. The fourth-order valence-electron chi connectivity index (χ4n) is 4.17. The maximum Gasteiger partial charge on any atom is 0.282 e. The number of piperazine rings is 1. The Kier molecular flexibility index (Phi) is 5.83. The van der Waals surface area contributed by atoms with E-state index in [9.17, 15) is 23.4 Å². The number of aliphatic hydroxyl groups is 1. The molecule has 0 saturated carbocycles. The molecule has 0 atom stereocenters. The summed E-state index contributed by atoms with van der Waals surface area (Å²) < 4.78 is 27.6. The van der Waals surface area contributed by atoms with E-state index in [1.54, 1.807) is 17.0 Å². The second-order valence-electron chi connectivity index (χ2n) is 8.02. The molecular formula is C20H22ClN5O5S2. The minimum absolute atomic E-state index is 0.0317. The summed E-state index contributed by atoms with van der Waals surface area (Å²) in [7, 11) is -3.99. The first-order valence-electron chi connectivity index (χ1n) is 10.4. The first-order chi connectivity index (χ1) is 15.8. The van der Waals surface area contributed by atoms with Gasteiger partial charge in [-0.2, -0.15) is 4.31 Å². The highest BCUT2D eigenvalue weighted by molar-refractivity contribution is 7.89. The van der Waals surface area contributed by atoms with Gasteiger partial charge in [0, 0.05) is 61.0 Å². The molecule has 0 aliphatic carbocycles. The summed E-state index contributed by atoms with van der Waals surface area (Å²) in [5.74, 6) is -0.582. The van der Waals surface area contributed by atoms with Gasteiger partial charge < -0.3 is 20.1 Å². The van der Waals surface area contributed by atoms with Crippen molar-refractivity contribution in [1.82, 2.24) is 24.1 Å². The highest BCUT2D eigenvalue weighted by Crippen LogP contribution is 2.35. The molecule has 1 aromatic carbocycles. The molecule has 5 rings (SSSR count). The van der Waals surface area contributed by atoms with Crippen molar-refractivity contribution < 1.29 is 23.4 Å².